The lowest BCUT2D eigenvalue weighted by atomic mass is 10.1. The molecule has 1 aliphatic rings. The zero-order chi connectivity index (χ0) is 21.1. The van der Waals surface area contributed by atoms with Crippen molar-refractivity contribution in [3.63, 3.8) is 0 Å². The first-order valence-electron chi connectivity index (χ1n) is 7.53. The van der Waals surface area contributed by atoms with Gasteiger partial charge in [-0.25, -0.2) is 9.97 Å². The van der Waals surface area contributed by atoms with E-state index in [-0.39, 0.29) is 26.1 Å². The Kier molecular flexibility index (Phi) is 4.23. The molecule has 2 amide bonds. The summed E-state index contributed by atoms with van der Waals surface area (Å²) in [7, 11) is 0. The minimum Gasteiger partial charge on any atom is -0.312 e. The maximum absolute atomic E-state index is 14.2. The SMILES string of the molecule is N#Cc1c(Cl)ccc2c1nc1n2C(NC(=O)c2csc(Cl)n2)(C(F)(F)F)C(=O)N1. The second-order valence-electron chi connectivity index (χ2n) is 5.77. The molecule has 1 unspecified atom stereocenters. The maximum Gasteiger partial charge on any atom is 0.440 e. The molecule has 0 radical (unpaired) electrons. The summed E-state index contributed by atoms with van der Waals surface area (Å²) < 4.78 is 43.1. The van der Waals surface area contributed by atoms with Gasteiger partial charge in [-0.15, -0.1) is 11.3 Å². The first kappa shape index (κ1) is 19.4. The van der Waals surface area contributed by atoms with Crippen molar-refractivity contribution in [3.05, 3.63) is 38.3 Å². The molecule has 0 bridgehead atoms. The van der Waals surface area contributed by atoms with Gasteiger partial charge in [0.25, 0.3) is 17.5 Å². The molecule has 1 aromatic carbocycles. The summed E-state index contributed by atoms with van der Waals surface area (Å²) in [6.07, 6.45) is -5.28. The van der Waals surface area contributed by atoms with Crippen molar-refractivity contribution in [1.82, 2.24) is 19.9 Å². The van der Waals surface area contributed by atoms with Crippen LogP contribution in [-0.4, -0.2) is 32.5 Å². The normalized spacial score (nSPS) is 18.4. The van der Waals surface area contributed by atoms with Crippen molar-refractivity contribution < 1.29 is 22.8 Å². The van der Waals surface area contributed by atoms with Crippen molar-refractivity contribution in [2.24, 2.45) is 0 Å². The summed E-state index contributed by atoms with van der Waals surface area (Å²) in [5, 5.41) is 14.1. The zero-order valence-corrected chi connectivity index (χ0v) is 16.0. The number of imidazole rings is 1. The van der Waals surface area contributed by atoms with Crippen molar-refractivity contribution in [3.8, 4) is 6.07 Å². The third-order valence-corrected chi connectivity index (χ3v) is 5.48. The molecule has 0 saturated heterocycles. The molecule has 3 heterocycles. The van der Waals surface area contributed by atoms with E-state index in [1.807, 2.05) is 5.32 Å². The van der Waals surface area contributed by atoms with E-state index in [9.17, 15) is 28.0 Å². The van der Waals surface area contributed by atoms with Gasteiger partial charge in [0.1, 0.15) is 17.3 Å². The molecular weight excluding hydrogens is 456 g/mol. The Bertz CT molecular complexity index is 1250. The highest BCUT2D eigenvalue weighted by Gasteiger charge is 2.68. The number of alkyl halides is 3. The second-order valence-corrected chi connectivity index (χ2v) is 7.62. The molecule has 0 fully saturated rings. The predicted molar refractivity (Wildman–Crippen MR) is 96.7 cm³/mol. The molecule has 2 aromatic heterocycles. The van der Waals surface area contributed by atoms with Crippen LogP contribution in [0.4, 0.5) is 19.1 Å². The van der Waals surface area contributed by atoms with E-state index < -0.39 is 35.3 Å². The van der Waals surface area contributed by atoms with E-state index >= 15 is 0 Å². The number of carbonyl (C=O) groups is 2. The molecule has 0 spiro atoms. The monoisotopic (exact) mass is 460 g/mol. The number of rotatable bonds is 2. The van der Waals surface area contributed by atoms with Crippen LogP contribution < -0.4 is 10.6 Å². The predicted octanol–water partition coefficient (Wildman–Crippen LogP) is 3.27. The van der Waals surface area contributed by atoms with Crippen molar-refractivity contribution in [2.75, 3.05) is 5.32 Å². The Labute approximate surface area is 172 Å². The highest BCUT2D eigenvalue weighted by molar-refractivity contribution is 7.14. The van der Waals surface area contributed by atoms with Crippen LogP contribution in [0, 0.1) is 11.3 Å². The quantitative estimate of drug-likeness (QED) is 0.609. The van der Waals surface area contributed by atoms with Gasteiger partial charge >= 0.3 is 6.18 Å². The molecular formula is C15H5Cl2F3N6O2S. The summed E-state index contributed by atoms with van der Waals surface area (Å²) in [5.74, 6) is -3.35. The molecule has 4 rings (SSSR count). The molecule has 2 N–H and O–H groups in total. The van der Waals surface area contributed by atoms with E-state index in [0.717, 1.165) is 16.7 Å². The number of amides is 2. The molecule has 1 atom stereocenters. The number of hydrogen-bond donors (Lipinski definition) is 2. The van der Waals surface area contributed by atoms with Crippen LogP contribution in [0.1, 0.15) is 16.1 Å². The van der Waals surface area contributed by atoms with Crippen LogP contribution in [0.5, 0.6) is 0 Å². The van der Waals surface area contributed by atoms with Crippen LogP contribution >= 0.6 is 34.5 Å². The van der Waals surface area contributed by atoms with Crippen molar-refractivity contribution in [2.45, 2.75) is 11.8 Å². The molecule has 14 heteroatoms. The molecule has 0 aliphatic carbocycles. The Morgan fingerprint density at radius 2 is 2.07 bits per heavy atom. The summed E-state index contributed by atoms with van der Waals surface area (Å²) in [4.78, 5) is 32.4. The van der Waals surface area contributed by atoms with Crippen LogP contribution in [0.3, 0.4) is 0 Å². The van der Waals surface area contributed by atoms with Crippen LogP contribution in [0.15, 0.2) is 17.5 Å². The largest absolute Gasteiger partial charge is 0.440 e. The third kappa shape index (κ3) is 2.65. The summed E-state index contributed by atoms with van der Waals surface area (Å²) in [6.45, 7) is 0. The average molecular weight is 461 g/mol. The van der Waals surface area contributed by atoms with Gasteiger partial charge in [0.15, 0.2) is 4.47 Å². The number of halogens is 5. The minimum atomic E-state index is -5.28. The van der Waals surface area contributed by atoms with E-state index in [0.29, 0.717) is 4.57 Å². The lowest BCUT2D eigenvalue weighted by molar-refractivity contribution is -0.213. The van der Waals surface area contributed by atoms with Crippen LogP contribution in [-0.2, 0) is 10.5 Å². The van der Waals surface area contributed by atoms with Gasteiger partial charge in [0.2, 0.25) is 5.95 Å². The van der Waals surface area contributed by atoms with Crippen molar-refractivity contribution >= 4 is 63.3 Å². The van der Waals surface area contributed by atoms with Gasteiger partial charge in [-0.05, 0) is 12.1 Å². The zero-order valence-electron chi connectivity index (χ0n) is 13.6. The molecule has 29 heavy (non-hydrogen) atoms. The number of anilines is 1. The fourth-order valence-electron chi connectivity index (χ4n) is 2.97. The Balaban J connectivity index is 1.97. The van der Waals surface area contributed by atoms with E-state index in [1.54, 1.807) is 11.4 Å². The average Bonchev–Trinajstić information content (AvgIpc) is 3.28. The number of nitrogens with one attached hydrogen (secondary N) is 2. The summed E-state index contributed by atoms with van der Waals surface area (Å²) in [5.41, 5.74) is -4.47. The lowest BCUT2D eigenvalue weighted by Crippen LogP contribution is -2.63. The molecule has 0 saturated carbocycles. The Morgan fingerprint density at radius 3 is 2.66 bits per heavy atom. The summed E-state index contributed by atoms with van der Waals surface area (Å²) >= 11 is 12.4. The molecule has 8 nitrogen and oxygen atoms in total. The number of nitrogens with zero attached hydrogens (tertiary/aromatic N) is 4. The smallest absolute Gasteiger partial charge is 0.312 e. The number of hydrogen-bond acceptors (Lipinski definition) is 6. The number of carbonyl (C=O) groups excluding carboxylic acids is 2. The Hall–Kier alpha value is -2.88. The second kappa shape index (κ2) is 6.31. The Morgan fingerprint density at radius 1 is 1.34 bits per heavy atom. The van der Waals surface area contributed by atoms with Crippen molar-refractivity contribution in [1.29, 1.82) is 5.26 Å². The molecule has 148 valence electrons. The number of thiazole rings is 1. The topological polar surface area (TPSA) is 113 Å². The van der Waals surface area contributed by atoms with Gasteiger partial charge in [-0.1, -0.05) is 23.2 Å². The van der Waals surface area contributed by atoms with Crippen LogP contribution in [0.2, 0.25) is 9.49 Å². The van der Waals surface area contributed by atoms with E-state index in [4.69, 9.17) is 23.2 Å². The fourth-order valence-corrected chi connectivity index (χ4v) is 3.91. The number of nitriles is 1. The number of benzene rings is 1. The molecule has 1 aliphatic heterocycles. The summed E-state index contributed by atoms with van der Waals surface area (Å²) in [6, 6.07) is 4.13. The minimum absolute atomic E-state index is 0.0261. The molecule has 3 aromatic rings. The van der Waals surface area contributed by atoms with Gasteiger partial charge in [-0.3, -0.25) is 19.5 Å². The van der Waals surface area contributed by atoms with Gasteiger partial charge < -0.3 is 5.32 Å². The van der Waals surface area contributed by atoms with E-state index in [2.05, 4.69) is 9.97 Å². The van der Waals surface area contributed by atoms with E-state index in [1.165, 1.54) is 12.1 Å². The van der Waals surface area contributed by atoms with Gasteiger partial charge in [-0.2, -0.15) is 18.4 Å². The number of aromatic nitrogens is 3. The third-order valence-electron chi connectivity index (χ3n) is 4.19. The van der Waals surface area contributed by atoms with Crippen LogP contribution in [0.25, 0.3) is 11.0 Å². The lowest BCUT2D eigenvalue weighted by Gasteiger charge is -2.31. The fraction of sp³-hybridized carbons (Fsp3) is 0.133. The number of fused-ring (bicyclic) bond motifs is 3. The maximum atomic E-state index is 14.2. The highest BCUT2D eigenvalue weighted by atomic mass is 35.5. The first-order chi connectivity index (χ1) is 13.6. The standard InChI is InChI=1S/C15H5Cl2F3N6O2S/c16-6-1-2-8-9(5(6)3-21)23-13-24-11(28)14(26(8)13,15(18,19)20)25-10(27)7-4-29-12(17)22-7/h1-2,4H,(H,25,27)(H,23,24,28). The first-order valence-corrected chi connectivity index (χ1v) is 9.17. The van der Waals surface area contributed by atoms with Gasteiger partial charge in [0.05, 0.1) is 16.1 Å². The van der Waals surface area contributed by atoms with Gasteiger partial charge in [0, 0.05) is 5.38 Å². The highest BCUT2D eigenvalue weighted by Crippen LogP contribution is 2.45.